The number of benzene rings is 2. The number of hydrogen-bond donors (Lipinski definition) is 1. The van der Waals surface area contributed by atoms with Gasteiger partial charge in [0.05, 0.1) is 0 Å². The highest BCUT2D eigenvalue weighted by Crippen LogP contribution is 2.31. The molecule has 0 saturated carbocycles. The first-order valence-corrected chi connectivity index (χ1v) is 8.66. The summed E-state index contributed by atoms with van der Waals surface area (Å²) < 4.78 is 29.4. The third-order valence-electron chi connectivity index (χ3n) is 5.02. The molecule has 1 nitrogen and oxygen atoms in total. The van der Waals surface area contributed by atoms with Crippen molar-refractivity contribution in [3.63, 3.8) is 0 Å². The van der Waals surface area contributed by atoms with E-state index in [-0.39, 0.29) is 23.6 Å². The second-order valence-electron chi connectivity index (χ2n) is 6.68. The Labute approximate surface area is 147 Å². The van der Waals surface area contributed by atoms with Crippen molar-refractivity contribution in [2.45, 2.75) is 33.2 Å². The second-order valence-corrected chi connectivity index (χ2v) is 6.68. The van der Waals surface area contributed by atoms with Crippen molar-refractivity contribution >= 4 is 5.57 Å². The Bertz CT molecular complexity index is 865. The molecule has 25 heavy (non-hydrogen) atoms. The molecule has 0 aliphatic heterocycles. The Kier molecular flexibility index (Phi) is 4.87. The lowest BCUT2D eigenvalue weighted by atomic mass is 9.89. The zero-order valence-corrected chi connectivity index (χ0v) is 14.8. The van der Waals surface area contributed by atoms with Gasteiger partial charge in [-0.15, -0.1) is 0 Å². The van der Waals surface area contributed by atoms with Crippen LogP contribution in [0.25, 0.3) is 16.7 Å². The summed E-state index contributed by atoms with van der Waals surface area (Å²) in [6.07, 6.45) is 6.49. The molecule has 0 saturated heterocycles. The van der Waals surface area contributed by atoms with Gasteiger partial charge in [0, 0.05) is 17.2 Å². The standard InChI is InChI=1S/C22H23F2N/c1-4-15-5-9-19(22(24)14(15)3)17-6-8-18(20(23)12-17)16-7-10-21(25)13(2)11-16/h5-13,21H,4,25H2,1-3H3/t13?,21-/m0/s1. The van der Waals surface area contributed by atoms with E-state index in [9.17, 15) is 8.78 Å². The van der Waals surface area contributed by atoms with Gasteiger partial charge >= 0.3 is 0 Å². The number of aryl methyl sites for hydroxylation is 1. The molecule has 0 amide bonds. The molecule has 0 aromatic heterocycles. The molecule has 2 N–H and O–H groups in total. The molecule has 1 aliphatic rings. The number of hydrogen-bond acceptors (Lipinski definition) is 1. The van der Waals surface area contributed by atoms with Crippen LogP contribution in [0.5, 0.6) is 0 Å². The summed E-state index contributed by atoms with van der Waals surface area (Å²) in [5.41, 5.74) is 9.86. The second kappa shape index (κ2) is 6.93. The normalized spacial score (nSPS) is 19.8. The van der Waals surface area contributed by atoms with E-state index in [0.29, 0.717) is 22.3 Å². The van der Waals surface area contributed by atoms with Gasteiger partial charge in [-0.05, 0) is 47.6 Å². The van der Waals surface area contributed by atoms with E-state index in [1.807, 2.05) is 38.1 Å². The Hall–Kier alpha value is -2.26. The third-order valence-corrected chi connectivity index (χ3v) is 5.02. The molecule has 2 atom stereocenters. The van der Waals surface area contributed by atoms with Gasteiger partial charge in [0.25, 0.3) is 0 Å². The molecule has 0 bridgehead atoms. The maximum Gasteiger partial charge on any atom is 0.134 e. The number of allylic oxidation sites excluding steroid dienone is 2. The molecule has 0 heterocycles. The lowest BCUT2D eigenvalue weighted by Gasteiger charge is -2.19. The zero-order valence-electron chi connectivity index (χ0n) is 14.8. The maximum atomic E-state index is 14.7. The van der Waals surface area contributed by atoms with Gasteiger partial charge in [0.15, 0.2) is 0 Å². The highest BCUT2D eigenvalue weighted by Gasteiger charge is 2.17. The van der Waals surface area contributed by atoms with Crippen molar-refractivity contribution in [3.8, 4) is 11.1 Å². The Morgan fingerprint density at radius 2 is 1.80 bits per heavy atom. The van der Waals surface area contributed by atoms with Crippen LogP contribution in [0.2, 0.25) is 0 Å². The van der Waals surface area contributed by atoms with Gasteiger partial charge in [-0.2, -0.15) is 0 Å². The van der Waals surface area contributed by atoms with E-state index in [2.05, 4.69) is 0 Å². The molecule has 3 heteroatoms. The summed E-state index contributed by atoms with van der Waals surface area (Å²) >= 11 is 0. The van der Waals surface area contributed by atoms with E-state index < -0.39 is 0 Å². The highest BCUT2D eigenvalue weighted by atomic mass is 19.1. The van der Waals surface area contributed by atoms with Crippen molar-refractivity contribution in [1.82, 2.24) is 0 Å². The summed E-state index contributed by atoms with van der Waals surface area (Å²) in [4.78, 5) is 0. The Morgan fingerprint density at radius 3 is 2.44 bits per heavy atom. The first-order valence-electron chi connectivity index (χ1n) is 8.66. The van der Waals surface area contributed by atoms with Crippen LogP contribution in [0.1, 0.15) is 30.5 Å². The largest absolute Gasteiger partial charge is 0.324 e. The average Bonchev–Trinajstić information content (AvgIpc) is 2.60. The molecular weight excluding hydrogens is 316 g/mol. The van der Waals surface area contributed by atoms with Crippen LogP contribution in [0.4, 0.5) is 8.78 Å². The van der Waals surface area contributed by atoms with Crippen LogP contribution in [0.3, 0.4) is 0 Å². The fraction of sp³-hybridized carbons (Fsp3) is 0.273. The molecular formula is C22H23F2N. The van der Waals surface area contributed by atoms with E-state index in [1.54, 1.807) is 25.1 Å². The molecule has 130 valence electrons. The van der Waals surface area contributed by atoms with Crippen LogP contribution in [0, 0.1) is 24.5 Å². The van der Waals surface area contributed by atoms with Crippen molar-refractivity contribution in [2.75, 3.05) is 0 Å². The summed E-state index contributed by atoms with van der Waals surface area (Å²) in [6.45, 7) is 5.77. The molecule has 2 aromatic rings. The minimum Gasteiger partial charge on any atom is -0.324 e. The van der Waals surface area contributed by atoms with Crippen molar-refractivity contribution in [3.05, 3.63) is 76.9 Å². The fourth-order valence-corrected chi connectivity index (χ4v) is 3.27. The first kappa shape index (κ1) is 17.6. The number of nitrogens with two attached hydrogens (primary N) is 1. The summed E-state index contributed by atoms with van der Waals surface area (Å²) in [6, 6.07) is 8.50. The van der Waals surface area contributed by atoms with Crippen molar-refractivity contribution < 1.29 is 8.78 Å². The monoisotopic (exact) mass is 339 g/mol. The van der Waals surface area contributed by atoms with Gasteiger partial charge in [-0.3, -0.25) is 0 Å². The number of halogens is 2. The quantitative estimate of drug-likeness (QED) is 0.794. The van der Waals surface area contributed by atoms with Gasteiger partial charge in [0.1, 0.15) is 11.6 Å². The van der Waals surface area contributed by atoms with Gasteiger partial charge in [-0.25, -0.2) is 8.78 Å². The average molecular weight is 339 g/mol. The molecule has 3 rings (SSSR count). The van der Waals surface area contributed by atoms with E-state index >= 15 is 0 Å². The summed E-state index contributed by atoms with van der Waals surface area (Å²) in [5, 5.41) is 0. The highest BCUT2D eigenvalue weighted by molar-refractivity contribution is 5.78. The zero-order chi connectivity index (χ0) is 18.1. The number of rotatable bonds is 3. The molecule has 1 unspecified atom stereocenters. The molecule has 0 radical (unpaired) electrons. The molecule has 0 fully saturated rings. The smallest absolute Gasteiger partial charge is 0.134 e. The predicted octanol–water partition coefficient (Wildman–Crippen LogP) is 5.42. The predicted molar refractivity (Wildman–Crippen MR) is 100 cm³/mol. The first-order chi connectivity index (χ1) is 11.9. The maximum absolute atomic E-state index is 14.7. The third kappa shape index (κ3) is 3.29. The SMILES string of the molecule is CCc1ccc(-c2ccc(C3=CC(C)[C@@H](N)C=C3)c(F)c2)c(F)c1C. The van der Waals surface area contributed by atoms with E-state index in [4.69, 9.17) is 5.73 Å². The van der Waals surface area contributed by atoms with Crippen LogP contribution >= 0.6 is 0 Å². The fourth-order valence-electron chi connectivity index (χ4n) is 3.27. The van der Waals surface area contributed by atoms with Gasteiger partial charge in [0.2, 0.25) is 0 Å². The van der Waals surface area contributed by atoms with Gasteiger partial charge in [-0.1, -0.05) is 56.3 Å². The van der Waals surface area contributed by atoms with Crippen LogP contribution < -0.4 is 5.73 Å². The lowest BCUT2D eigenvalue weighted by Crippen LogP contribution is -2.26. The van der Waals surface area contributed by atoms with Crippen molar-refractivity contribution in [2.24, 2.45) is 11.7 Å². The molecule has 0 spiro atoms. The van der Waals surface area contributed by atoms with Crippen molar-refractivity contribution in [1.29, 1.82) is 0 Å². The summed E-state index contributed by atoms with van der Waals surface area (Å²) in [7, 11) is 0. The summed E-state index contributed by atoms with van der Waals surface area (Å²) in [5.74, 6) is -0.476. The van der Waals surface area contributed by atoms with Gasteiger partial charge < -0.3 is 5.73 Å². The van der Waals surface area contributed by atoms with Crippen LogP contribution in [-0.2, 0) is 6.42 Å². The lowest BCUT2D eigenvalue weighted by molar-refractivity contribution is 0.613. The molecule has 1 aliphatic carbocycles. The molecule has 2 aromatic carbocycles. The topological polar surface area (TPSA) is 26.0 Å². The van der Waals surface area contributed by atoms with E-state index in [1.165, 1.54) is 6.07 Å². The minimum atomic E-state index is -0.354. The minimum absolute atomic E-state index is 0.0414. The van der Waals surface area contributed by atoms with E-state index in [0.717, 1.165) is 17.6 Å². The van der Waals surface area contributed by atoms with Crippen LogP contribution in [0.15, 0.2) is 48.6 Å². The van der Waals surface area contributed by atoms with Crippen LogP contribution in [-0.4, -0.2) is 6.04 Å². The Morgan fingerprint density at radius 1 is 1.08 bits per heavy atom. The Balaban J connectivity index is 2.00.